The van der Waals surface area contributed by atoms with E-state index >= 15 is 0 Å². The molecule has 3 aliphatic heterocycles. The van der Waals surface area contributed by atoms with Gasteiger partial charge in [0, 0.05) is 52.4 Å². The van der Waals surface area contributed by atoms with Crippen LogP contribution in [0.25, 0.3) is 0 Å². The average Bonchev–Trinajstić information content (AvgIpc) is 3.26. The maximum Gasteiger partial charge on any atom is 0.333 e. The first kappa shape index (κ1) is 24.0. The van der Waals surface area contributed by atoms with Crippen LogP contribution in [-0.4, -0.2) is 113 Å². The van der Waals surface area contributed by atoms with E-state index in [1.54, 1.807) is 23.8 Å². The van der Waals surface area contributed by atoms with Crippen LogP contribution in [0.3, 0.4) is 0 Å². The number of fused-ring (bicyclic) bond motifs is 1. The Bertz CT molecular complexity index is 1220. The average molecular weight is 488 g/mol. The largest absolute Gasteiger partial charge is 0.333 e. The van der Waals surface area contributed by atoms with Crippen molar-refractivity contribution < 1.29 is 19.0 Å². The fraction of sp³-hybridized carbons (Fsp3) is 0.370. The fourth-order valence-corrected chi connectivity index (χ4v) is 4.97. The third kappa shape index (κ3) is 4.72. The molecular formula is C27H31N6O3+. The Morgan fingerprint density at radius 3 is 2.08 bits per heavy atom. The monoisotopic (exact) mass is 487 g/mol. The highest BCUT2D eigenvalue weighted by atomic mass is 16.2. The molecule has 0 aromatic heterocycles. The van der Waals surface area contributed by atoms with Crippen molar-refractivity contribution in [1.82, 2.24) is 19.6 Å². The minimum Gasteiger partial charge on any atom is -0.297 e. The third-order valence-corrected chi connectivity index (χ3v) is 7.10. The highest BCUT2D eigenvalue weighted by Crippen LogP contribution is 2.20. The lowest BCUT2D eigenvalue weighted by atomic mass is 10.1. The summed E-state index contributed by atoms with van der Waals surface area (Å²) in [5.74, 6) is 0.591. The first-order chi connectivity index (χ1) is 17.4. The molecule has 0 spiro atoms. The van der Waals surface area contributed by atoms with Crippen molar-refractivity contribution in [3.63, 3.8) is 0 Å². The van der Waals surface area contributed by atoms with Crippen LogP contribution in [0.2, 0.25) is 0 Å². The Kier molecular flexibility index (Phi) is 6.75. The van der Waals surface area contributed by atoms with E-state index in [4.69, 9.17) is 4.99 Å². The van der Waals surface area contributed by atoms with Crippen molar-refractivity contribution in [2.75, 3.05) is 53.4 Å². The van der Waals surface area contributed by atoms with E-state index in [2.05, 4.69) is 34.1 Å². The number of urea groups is 1. The van der Waals surface area contributed by atoms with Gasteiger partial charge in [0.15, 0.2) is 0 Å². The van der Waals surface area contributed by atoms with E-state index in [9.17, 15) is 14.4 Å². The Morgan fingerprint density at radius 2 is 1.44 bits per heavy atom. The van der Waals surface area contributed by atoms with Gasteiger partial charge in [-0.1, -0.05) is 60.7 Å². The quantitative estimate of drug-likeness (QED) is 0.436. The molecule has 36 heavy (non-hydrogen) atoms. The lowest BCUT2D eigenvalue weighted by Gasteiger charge is -2.33. The van der Waals surface area contributed by atoms with Crippen molar-refractivity contribution in [3.8, 4) is 0 Å². The number of amidine groups is 2. The minimum atomic E-state index is -0.778. The van der Waals surface area contributed by atoms with Crippen LogP contribution in [-0.2, 0) is 11.3 Å². The second-order valence-corrected chi connectivity index (χ2v) is 9.48. The summed E-state index contributed by atoms with van der Waals surface area (Å²) in [4.78, 5) is 50.8. The van der Waals surface area contributed by atoms with Gasteiger partial charge in [-0.2, -0.15) is 0 Å². The van der Waals surface area contributed by atoms with Crippen molar-refractivity contribution in [2.45, 2.75) is 12.6 Å². The molecule has 1 atom stereocenters. The van der Waals surface area contributed by atoms with E-state index in [0.29, 0.717) is 23.8 Å². The molecule has 0 radical (unpaired) electrons. The Hall–Kier alpha value is -3.69. The maximum atomic E-state index is 13.2. The molecule has 186 valence electrons. The predicted octanol–water partition coefficient (Wildman–Crippen LogP) is 1.40. The number of amides is 3. The molecule has 2 saturated heterocycles. The van der Waals surface area contributed by atoms with Gasteiger partial charge in [0.05, 0.1) is 0 Å². The maximum absolute atomic E-state index is 13.2. The highest BCUT2D eigenvalue weighted by molar-refractivity contribution is 6.23. The zero-order valence-corrected chi connectivity index (χ0v) is 20.7. The Morgan fingerprint density at radius 1 is 0.861 bits per heavy atom. The second-order valence-electron chi connectivity index (χ2n) is 9.48. The zero-order chi connectivity index (χ0) is 25.2. The molecule has 9 nitrogen and oxygen atoms in total. The summed E-state index contributed by atoms with van der Waals surface area (Å²) in [6, 6.07) is 18.3. The van der Waals surface area contributed by atoms with Crippen molar-refractivity contribution in [1.29, 1.82) is 0 Å². The van der Waals surface area contributed by atoms with Gasteiger partial charge < -0.3 is 0 Å². The molecule has 9 heteroatoms. The number of piperazine rings is 1. The molecule has 0 N–H and O–H groups in total. The topological polar surface area (TPSA) is 79.5 Å². The van der Waals surface area contributed by atoms with Crippen molar-refractivity contribution in [3.05, 3.63) is 71.8 Å². The molecule has 0 saturated carbocycles. The van der Waals surface area contributed by atoms with Crippen LogP contribution < -0.4 is 0 Å². The van der Waals surface area contributed by atoms with Gasteiger partial charge in [0.25, 0.3) is 17.8 Å². The number of imide groups is 1. The SMILES string of the molecule is CN1C(=O)C2C(=NC(CN3CCN(Cc4ccccc4)CC3)=[N+]2CC(=O)c2ccccc2)N(C)C1=O. The second kappa shape index (κ2) is 10.1. The molecule has 3 aliphatic rings. The van der Waals surface area contributed by atoms with Gasteiger partial charge in [0.2, 0.25) is 5.78 Å². The number of rotatable bonds is 7. The highest BCUT2D eigenvalue weighted by Gasteiger charge is 2.53. The molecule has 0 aliphatic carbocycles. The van der Waals surface area contributed by atoms with E-state index in [0.717, 1.165) is 37.6 Å². The number of ketones is 1. The van der Waals surface area contributed by atoms with Gasteiger partial charge in [-0.25, -0.2) is 9.37 Å². The summed E-state index contributed by atoms with van der Waals surface area (Å²) in [5, 5.41) is 0. The molecule has 5 rings (SSSR count). The molecular weight excluding hydrogens is 456 g/mol. The number of benzene rings is 2. The minimum absolute atomic E-state index is 0.0204. The zero-order valence-electron chi connectivity index (χ0n) is 20.7. The van der Waals surface area contributed by atoms with Crippen LogP contribution in [0.15, 0.2) is 65.7 Å². The normalized spacial score (nSPS) is 21.2. The summed E-state index contributed by atoms with van der Waals surface area (Å²) in [7, 11) is 3.10. The molecule has 2 aromatic rings. The summed E-state index contributed by atoms with van der Waals surface area (Å²) in [6.07, 6.45) is 0. The Balaban J connectivity index is 1.35. The number of likely N-dealkylation sites (N-methyl/N-ethyl adjacent to an activating group) is 2. The first-order valence-corrected chi connectivity index (χ1v) is 12.3. The number of carbonyl (C=O) groups excluding carboxylic acids is 3. The summed E-state index contributed by atoms with van der Waals surface area (Å²) < 4.78 is 1.78. The third-order valence-electron chi connectivity index (χ3n) is 7.10. The molecule has 3 amide bonds. The molecule has 1 unspecified atom stereocenters. The van der Waals surface area contributed by atoms with E-state index in [1.807, 2.05) is 24.3 Å². The van der Waals surface area contributed by atoms with Crippen molar-refractivity contribution >= 4 is 29.4 Å². The lowest BCUT2D eigenvalue weighted by molar-refractivity contribution is -0.523. The summed E-state index contributed by atoms with van der Waals surface area (Å²) >= 11 is 0. The number of Topliss-reactive ketones (excluding diaryl/α,β-unsaturated/α-hetero) is 1. The van der Waals surface area contributed by atoms with Gasteiger partial charge >= 0.3 is 11.9 Å². The molecule has 2 fully saturated rings. The number of nitrogens with zero attached hydrogens (tertiary/aromatic N) is 6. The number of carbonyl (C=O) groups is 3. The van der Waals surface area contributed by atoms with Gasteiger partial charge in [-0.05, 0) is 10.6 Å². The van der Waals surface area contributed by atoms with Crippen molar-refractivity contribution in [2.24, 2.45) is 4.99 Å². The molecule has 0 bridgehead atoms. The fourth-order valence-electron chi connectivity index (χ4n) is 4.97. The lowest BCUT2D eigenvalue weighted by Crippen LogP contribution is -2.62. The van der Waals surface area contributed by atoms with Crippen LogP contribution in [0.1, 0.15) is 15.9 Å². The van der Waals surface area contributed by atoms with Crippen LogP contribution in [0, 0.1) is 0 Å². The summed E-state index contributed by atoms with van der Waals surface area (Å²) in [6.45, 7) is 5.01. The molecule has 2 aromatic carbocycles. The van der Waals surface area contributed by atoms with E-state index < -0.39 is 12.1 Å². The van der Waals surface area contributed by atoms with E-state index in [1.165, 1.54) is 17.5 Å². The Labute approximate surface area is 210 Å². The first-order valence-electron chi connectivity index (χ1n) is 12.3. The van der Waals surface area contributed by atoms with Crippen LogP contribution >= 0.6 is 0 Å². The van der Waals surface area contributed by atoms with E-state index in [-0.39, 0.29) is 18.2 Å². The standard InChI is InChI=1S/C27H31N6O3/c1-29-25-24(26(35)30(2)27(29)36)33(18-22(34)21-11-7-4-8-12-21)23(28-25)19-32-15-13-31(14-16-32)17-20-9-5-3-6-10-20/h3-12,24H,13-19H2,1-2H3/q+1. The van der Waals surface area contributed by atoms with Crippen LogP contribution in [0.4, 0.5) is 4.79 Å². The van der Waals surface area contributed by atoms with Gasteiger partial charge in [0.1, 0.15) is 13.1 Å². The number of hydrogen-bond acceptors (Lipinski definition) is 6. The summed E-state index contributed by atoms with van der Waals surface area (Å²) in [5.41, 5.74) is 1.88. The predicted molar refractivity (Wildman–Crippen MR) is 136 cm³/mol. The smallest absolute Gasteiger partial charge is 0.297 e. The molecule has 3 heterocycles. The number of aliphatic imine (C=N–C) groups is 1. The van der Waals surface area contributed by atoms with Crippen LogP contribution in [0.5, 0.6) is 0 Å². The number of hydrogen-bond donors (Lipinski definition) is 0. The van der Waals surface area contributed by atoms with Gasteiger partial charge in [-0.3, -0.25) is 29.2 Å². The van der Waals surface area contributed by atoms with Gasteiger partial charge in [-0.15, -0.1) is 0 Å².